The second-order valence-corrected chi connectivity index (χ2v) is 2.91. The Hall–Kier alpha value is -0.960. The van der Waals surface area contributed by atoms with Gasteiger partial charge in [-0.1, -0.05) is 6.92 Å². The Labute approximate surface area is 73.2 Å². The maximum Gasteiger partial charge on any atom is 0.0769 e. The zero-order valence-corrected chi connectivity index (χ0v) is 7.62. The minimum absolute atomic E-state index is 0.548. The van der Waals surface area contributed by atoms with Crippen molar-refractivity contribution in [1.29, 1.82) is 0 Å². The van der Waals surface area contributed by atoms with Crippen molar-refractivity contribution >= 4 is 0 Å². The second kappa shape index (κ2) is 4.83. The first-order valence-corrected chi connectivity index (χ1v) is 4.33. The fraction of sp³-hybridized carbons (Fsp3) is 0.556. The molecule has 0 fully saturated rings. The molecule has 66 valence electrons. The van der Waals surface area contributed by atoms with E-state index in [2.05, 4.69) is 29.4 Å². The summed E-state index contributed by atoms with van der Waals surface area (Å²) in [5, 5.41) is 11.1. The summed E-state index contributed by atoms with van der Waals surface area (Å²) in [4.78, 5) is 0. The number of hydrogen-bond donors (Lipinski definition) is 1. The molecule has 0 aromatic carbocycles. The molecule has 1 rings (SSSR count). The summed E-state index contributed by atoms with van der Waals surface area (Å²) in [5.41, 5.74) is 0.998. The van der Waals surface area contributed by atoms with Gasteiger partial charge in [-0.25, -0.2) is 0 Å². The van der Waals surface area contributed by atoms with E-state index in [1.54, 1.807) is 6.20 Å². The maximum absolute atomic E-state index is 3.97. The molecule has 12 heavy (non-hydrogen) atoms. The third kappa shape index (κ3) is 2.96. The summed E-state index contributed by atoms with van der Waals surface area (Å²) in [7, 11) is 0. The van der Waals surface area contributed by atoms with E-state index >= 15 is 0 Å². The van der Waals surface area contributed by atoms with Gasteiger partial charge >= 0.3 is 0 Å². The van der Waals surface area contributed by atoms with Crippen LogP contribution in [-0.4, -0.2) is 16.2 Å². The first kappa shape index (κ1) is 9.13. The van der Waals surface area contributed by atoms with E-state index in [4.69, 9.17) is 0 Å². The van der Waals surface area contributed by atoms with Crippen molar-refractivity contribution in [1.82, 2.24) is 15.5 Å². The van der Waals surface area contributed by atoms with Crippen molar-refractivity contribution in [3.8, 4) is 0 Å². The lowest BCUT2D eigenvalue weighted by molar-refractivity contribution is 0.526. The topological polar surface area (TPSA) is 37.8 Å². The number of aromatic nitrogens is 2. The molecule has 0 amide bonds. The van der Waals surface area contributed by atoms with Crippen LogP contribution < -0.4 is 5.32 Å². The van der Waals surface area contributed by atoms with E-state index in [0.29, 0.717) is 6.04 Å². The van der Waals surface area contributed by atoms with Gasteiger partial charge < -0.3 is 5.32 Å². The van der Waals surface area contributed by atoms with Crippen LogP contribution in [0.25, 0.3) is 0 Å². The zero-order valence-electron chi connectivity index (χ0n) is 7.62. The molecule has 0 bridgehead atoms. The zero-order chi connectivity index (χ0) is 8.81. The molecule has 3 heteroatoms. The van der Waals surface area contributed by atoms with E-state index in [9.17, 15) is 0 Å². The van der Waals surface area contributed by atoms with Crippen LogP contribution in [-0.2, 0) is 6.54 Å². The van der Waals surface area contributed by atoms with Crippen molar-refractivity contribution in [2.75, 3.05) is 0 Å². The van der Waals surface area contributed by atoms with Crippen LogP contribution in [0.1, 0.15) is 26.0 Å². The summed E-state index contributed by atoms with van der Waals surface area (Å²) in [6, 6.07) is 4.43. The van der Waals surface area contributed by atoms with Gasteiger partial charge in [-0.2, -0.15) is 10.2 Å². The molecule has 1 N–H and O–H groups in total. The van der Waals surface area contributed by atoms with Crippen molar-refractivity contribution in [3.63, 3.8) is 0 Å². The largest absolute Gasteiger partial charge is 0.309 e. The molecule has 0 aliphatic heterocycles. The third-order valence-electron chi connectivity index (χ3n) is 1.87. The molecule has 3 nitrogen and oxygen atoms in total. The fourth-order valence-electron chi connectivity index (χ4n) is 0.851. The second-order valence-electron chi connectivity index (χ2n) is 2.91. The Balaban J connectivity index is 2.33. The number of nitrogens with zero attached hydrogens (tertiary/aromatic N) is 2. The Morgan fingerprint density at radius 3 is 3.00 bits per heavy atom. The molecule has 0 aliphatic rings. The van der Waals surface area contributed by atoms with Crippen LogP contribution in [0, 0.1) is 0 Å². The number of hydrogen-bond acceptors (Lipinski definition) is 3. The lowest BCUT2D eigenvalue weighted by atomic mass is 10.2. The fourth-order valence-corrected chi connectivity index (χ4v) is 0.851. The lowest BCUT2D eigenvalue weighted by Crippen LogP contribution is -2.24. The summed E-state index contributed by atoms with van der Waals surface area (Å²) in [6.07, 6.45) is 2.83. The van der Waals surface area contributed by atoms with Crippen LogP contribution in [0.4, 0.5) is 0 Å². The maximum atomic E-state index is 3.97. The van der Waals surface area contributed by atoms with Crippen molar-refractivity contribution in [2.45, 2.75) is 32.9 Å². The molecule has 0 radical (unpaired) electrons. The van der Waals surface area contributed by atoms with Gasteiger partial charge in [0.05, 0.1) is 5.69 Å². The summed E-state index contributed by atoms with van der Waals surface area (Å²) in [5.74, 6) is 0. The molecule has 0 aliphatic carbocycles. The molecule has 1 atom stereocenters. The van der Waals surface area contributed by atoms with E-state index in [1.165, 1.54) is 0 Å². The molecule has 0 spiro atoms. The van der Waals surface area contributed by atoms with Gasteiger partial charge in [0.1, 0.15) is 0 Å². The van der Waals surface area contributed by atoms with Gasteiger partial charge in [0.2, 0.25) is 0 Å². The minimum atomic E-state index is 0.548. The van der Waals surface area contributed by atoms with Crippen LogP contribution in [0.3, 0.4) is 0 Å². The van der Waals surface area contributed by atoms with Crippen LogP contribution >= 0.6 is 0 Å². The minimum Gasteiger partial charge on any atom is -0.309 e. The Morgan fingerprint density at radius 2 is 2.42 bits per heavy atom. The molecule has 1 aromatic rings. The lowest BCUT2D eigenvalue weighted by Gasteiger charge is -2.09. The smallest absolute Gasteiger partial charge is 0.0769 e. The van der Waals surface area contributed by atoms with Crippen molar-refractivity contribution in [2.24, 2.45) is 0 Å². The Kier molecular flexibility index (Phi) is 3.67. The van der Waals surface area contributed by atoms with Crippen LogP contribution in [0.2, 0.25) is 0 Å². The van der Waals surface area contributed by atoms with E-state index in [-0.39, 0.29) is 0 Å². The normalized spacial score (nSPS) is 12.8. The molecular weight excluding hydrogens is 150 g/mol. The first-order chi connectivity index (χ1) is 5.83. The highest BCUT2D eigenvalue weighted by Gasteiger charge is 1.97. The summed E-state index contributed by atoms with van der Waals surface area (Å²) in [6.45, 7) is 5.13. The highest BCUT2D eigenvalue weighted by Crippen LogP contribution is 1.93. The average Bonchev–Trinajstić information content (AvgIpc) is 2.16. The highest BCUT2D eigenvalue weighted by molar-refractivity contribution is 4.98. The third-order valence-corrected chi connectivity index (χ3v) is 1.87. The van der Waals surface area contributed by atoms with Gasteiger partial charge in [-0.15, -0.1) is 0 Å². The molecular formula is C9H15N3. The van der Waals surface area contributed by atoms with Crippen LogP contribution in [0.5, 0.6) is 0 Å². The molecule has 1 aromatic heterocycles. The molecule has 1 heterocycles. The monoisotopic (exact) mass is 165 g/mol. The van der Waals surface area contributed by atoms with E-state index < -0.39 is 0 Å². The van der Waals surface area contributed by atoms with E-state index in [0.717, 1.165) is 18.7 Å². The summed E-state index contributed by atoms with van der Waals surface area (Å²) < 4.78 is 0. The predicted molar refractivity (Wildman–Crippen MR) is 48.6 cm³/mol. The van der Waals surface area contributed by atoms with Crippen LogP contribution in [0.15, 0.2) is 18.3 Å². The molecule has 0 saturated heterocycles. The SMILES string of the molecule is CCC(C)NCc1cccnn1. The van der Waals surface area contributed by atoms with Crippen molar-refractivity contribution < 1.29 is 0 Å². The van der Waals surface area contributed by atoms with Gasteiger partial charge in [0.25, 0.3) is 0 Å². The quantitative estimate of drug-likeness (QED) is 0.732. The average molecular weight is 165 g/mol. The van der Waals surface area contributed by atoms with Gasteiger partial charge in [0.15, 0.2) is 0 Å². The van der Waals surface area contributed by atoms with Gasteiger partial charge in [-0.05, 0) is 25.5 Å². The Bertz CT molecular complexity index is 210. The predicted octanol–water partition coefficient (Wildman–Crippen LogP) is 1.36. The van der Waals surface area contributed by atoms with Gasteiger partial charge in [-0.3, -0.25) is 0 Å². The summed E-state index contributed by atoms with van der Waals surface area (Å²) >= 11 is 0. The molecule has 0 saturated carbocycles. The van der Waals surface area contributed by atoms with Crippen molar-refractivity contribution in [3.05, 3.63) is 24.0 Å². The standard InChI is InChI=1S/C9H15N3/c1-3-8(2)10-7-9-5-4-6-11-12-9/h4-6,8,10H,3,7H2,1-2H3. The molecule has 1 unspecified atom stereocenters. The highest BCUT2D eigenvalue weighted by atomic mass is 15.1. The van der Waals surface area contributed by atoms with E-state index in [1.807, 2.05) is 12.1 Å². The Morgan fingerprint density at radius 1 is 1.58 bits per heavy atom. The first-order valence-electron chi connectivity index (χ1n) is 4.33. The number of rotatable bonds is 4. The van der Waals surface area contributed by atoms with Gasteiger partial charge in [0, 0.05) is 18.8 Å². The number of nitrogens with one attached hydrogen (secondary N) is 1.